The Bertz CT molecular complexity index is 421. The summed E-state index contributed by atoms with van der Waals surface area (Å²) in [5.74, 6) is 1.39. The molecule has 0 radical (unpaired) electrons. The first kappa shape index (κ1) is 9.08. The highest BCUT2D eigenvalue weighted by molar-refractivity contribution is 7.13. The van der Waals surface area contributed by atoms with E-state index < -0.39 is 0 Å². The largest absolute Gasteiger partial charge is 0.383 e. The third kappa shape index (κ3) is 1.72. The van der Waals surface area contributed by atoms with E-state index in [1.54, 1.807) is 12.4 Å². The Balaban J connectivity index is 2.33. The summed E-state index contributed by atoms with van der Waals surface area (Å²) in [5, 5.41) is 2.67. The Hall–Kier alpha value is -1.49. The van der Waals surface area contributed by atoms with Crippen LogP contribution in [-0.4, -0.2) is 15.0 Å². The van der Waals surface area contributed by atoms with Gasteiger partial charge in [0.25, 0.3) is 0 Å². The van der Waals surface area contributed by atoms with Crippen molar-refractivity contribution in [3.8, 4) is 10.6 Å². The molecule has 14 heavy (non-hydrogen) atoms. The zero-order chi connectivity index (χ0) is 9.97. The van der Waals surface area contributed by atoms with Gasteiger partial charge in [-0.25, -0.2) is 15.0 Å². The first-order valence-corrected chi connectivity index (χ1v) is 5.20. The van der Waals surface area contributed by atoms with E-state index in [9.17, 15) is 0 Å². The Morgan fingerprint density at radius 1 is 1.36 bits per heavy atom. The van der Waals surface area contributed by atoms with Crippen molar-refractivity contribution in [3.63, 3.8) is 0 Å². The van der Waals surface area contributed by atoms with E-state index in [0.717, 1.165) is 22.8 Å². The maximum atomic E-state index is 5.53. The second-order valence-corrected chi connectivity index (χ2v) is 3.68. The minimum Gasteiger partial charge on any atom is -0.383 e. The zero-order valence-electron chi connectivity index (χ0n) is 7.77. The number of hydrogen-bond donors (Lipinski definition) is 1. The lowest BCUT2D eigenvalue weighted by atomic mass is 10.3. The second-order valence-electron chi connectivity index (χ2n) is 2.82. The van der Waals surface area contributed by atoms with Gasteiger partial charge in [-0.3, -0.25) is 0 Å². The molecule has 0 saturated carbocycles. The molecular formula is C9H10N4S. The molecule has 0 unspecified atom stereocenters. The van der Waals surface area contributed by atoms with Crippen LogP contribution in [0.15, 0.2) is 17.8 Å². The van der Waals surface area contributed by atoms with E-state index in [-0.39, 0.29) is 0 Å². The summed E-state index contributed by atoms with van der Waals surface area (Å²) >= 11 is 1.50. The molecule has 2 heterocycles. The molecule has 72 valence electrons. The van der Waals surface area contributed by atoms with Gasteiger partial charge < -0.3 is 5.73 Å². The molecule has 0 atom stereocenters. The van der Waals surface area contributed by atoms with E-state index in [4.69, 9.17) is 5.73 Å². The number of nitrogens with zero attached hydrogens (tertiary/aromatic N) is 3. The molecule has 4 nitrogen and oxygen atoms in total. The summed E-state index contributed by atoms with van der Waals surface area (Å²) in [5.41, 5.74) is 6.45. The normalized spacial score (nSPS) is 10.4. The monoisotopic (exact) mass is 206 g/mol. The fraction of sp³-hybridized carbons (Fsp3) is 0.222. The van der Waals surface area contributed by atoms with Gasteiger partial charge in [-0.05, 0) is 0 Å². The van der Waals surface area contributed by atoms with Crippen LogP contribution in [0.25, 0.3) is 10.6 Å². The fourth-order valence-corrected chi connectivity index (χ4v) is 1.75. The molecule has 5 heteroatoms. The highest BCUT2D eigenvalue weighted by atomic mass is 32.1. The summed E-state index contributed by atoms with van der Waals surface area (Å²) in [6, 6.07) is 0. The average molecular weight is 206 g/mol. The van der Waals surface area contributed by atoms with Crippen LogP contribution in [0.4, 0.5) is 5.82 Å². The molecule has 2 N–H and O–H groups in total. The van der Waals surface area contributed by atoms with Crippen molar-refractivity contribution in [3.05, 3.63) is 23.6 Å². The molecule has 0 bridgehead atoms. The molecule has 0 amide bonds. The summed E-state index contributed by atoms with van der Waals surface area (Å²) in [4.78, 5) is 12.5. The summed E-state index contributed by atoms with van der Waals surface area (Å²) in [7, 11) is 0. The van der Waals surface area contributed by atoms with Crippen LogP contribution in [0.2, 0.25) is 0 Å². The van der Waals surface area contributed by atoms with Crippen LogP contribution in [0.1, 0.15) is 12.7 Å². The lowest BCUT2D eigenvalue weighted by molar-refractivity contribution is 0.941. The predicted molar refractivity (Wildman–Crippen MR) is 56.9 cm³/mol. The van der Waals surface area contributed by atoms with Crippen LogP contribution in [-0.2, 0) is 6.42 Å². The third-order valence-electron chi connectivity index (χ3n) is 1.79. The molecule has 0 aromatic carbocycles. The molecule has 0 aliphatic carbocycles. The molecule has 0 saturated heterocycles. The van der Waals surface area contributed by atoms with Crippen molar-refractivity contribution in [2.75, 3.05) is 5.73 Å². The highest BCUT2D eigenvalue weighted by Gasteiger charge is 2.03. The van der Waals surface area contributed by atoms with Gasteiger partial charge >= 0.3 is 0 Å². The van der Waals surface area contributed by atoms with Gasteiger partial charge in [0.15, 0.2) is 0 Å². The number of aromatic nitrogens is 3. The zero-order valence-corrected chi connectivity index (χ0v) is 8.58. The average Bonchev–Trinajstić information content (AvgIpc) is 2.65. The Morgan fingerprint density at radius 2 is 2.07 bits per heavy atom. The third-order valence-corrected chi connectivity index (χ3v) is 2.70. The predicted octanol–water partition coefficient (Wildman–Crippen LogP) is 1.74. The van der Waals surface area contributed by atoms with Gasteiger partial charge in [-0.15, -0.1) is 11.3 Å². The first-order chi connectivity index (χ1) is 6.79. The molecule has 2 aromatic rings. The number of rotatable bonds is 2. The Morgan fingerprint density at radius 3 is 2.57 bits per heavy atom. The Labute approximate surface area is 85.9 Å². The lowest BCUT2D eigenvalue weighted by Crippen LogP contribution is -1.92. The number of nitrogens with two attached hydrogens (primary N) is 1. The topological polar surface area (TPSA) is 64.7 Å². The number of nitrogen functional groups attached to an aromatic ring is 1. The lowest BCUT2D eigenvalue weighted by Gasteiger charge is -1.96. The number of hydrogen-bond acceptors (Lipinski definition) is 5. The van der Waals surface area contributed by atoms with E-state index in [0.29, 0.717) is 5.82 Å². The van der Waals surface area contributed by atoms with Gasteiger partial charge in [-0.2, -0.15) is 0 Å². The fourth-order valence-electron chi connectivity index (χ4n) is 1.07. The quantitative estimate of drug-likeness (QED) is 0.813. The van der Waals surface area contributed by atoms with Crippen LogP contribution >= 0.6 is 11.3 Å². The van der Waals surface area contributed by atoms with Crippen molar-refractivity contribution in [1.29, 1.82) is 0 Å². The molecule has 0 aliphatic heterocycles. The minimum atomic E-state index is 0.546. The van der Waals surface area contributed by atoms with Gasteiger partial charge in [-0.1, -0.05) is 6.92 Å². The molecule has 0 fully saturated rings. The maximum Gasteiger partial charge on any atom is 0.135 e. The van der Waals surface area contributed by atoms with E-state index in [1.165, 1.54) is 11.3 Å². The van der Waals surface area contributed by atoms with Crippen molar-refractivity contribution >= 4 is 17.2 Å². The molecular weight excluding hydrogens is 196 g/mol. The van der Waals surface area contributed by atoms with Gasteiger partial charge in [0.2, 0.25) is 0 Å². The smallest absolute Gasteiger partial charge is 0.135 e. The summed E-state index contributed by atoms with van der Waals surface area (Å²) in [6.07, 6.45) is 4.41. The van der Waals surface area contributed by atoms with Crippen molar-refractivity contribution < 1.29 is 0 Å². The maximum absolute atomic E-state index is 5.53. The second kappa shape index (κ2) is 3.71. The number of thiazole rings is 1. The first-order valence-electron chi connectivity index (χ1n) is 4.32. The number of aryl methyl sites for hydroxylation is 1. The highest BCUT2D eigenvalue weighted by Crippen LogP contribution is 2.22. The van der Waals surface area contributed by atoms with Gasteiger partial charge in [0, 0.05) is 29.8 Å². The number of anilines is 1. The van der Waals surface area contributed by atoms with Crippen LogP contribution in [0, 0.1) is 0 Å². The van der Waals surface area contributed by atoms with Crippen molar-refractivity contribution in [2.45, 2.75) is 13.3 Å². The molecule has 0 spiro atoms. The van der Waals surface area contributed by atoms with Crippen LogP contribution in [0.5, 0.6) is 0 Å². The van der Waals surface area contributed by atoms with E-state index >= 15 is 0 Å². The molecule has 0 aliphatic rings. The standard InChI is InChI=1S/C9H10N4S/c1-2-8-11-3-6(4-12-8)9-13-7(10)5-14-9/h3-5H,2,10H2,1H3. The minimum absolute atomic E-state index is 0.546. The van der Waals surface area contributed by atoms with Gasteiger partial charge in [0.1, 0.15) is 16.6 Å². The van der Waals surface area contributed by atoms with Gasteiger partial charge in [0.05, 0.1) is 0 Å². The van der Waals surface area contributed by atoms with E-state index in [2.05, 4.69) is 15.0 Å². The SMILES string of the molecule is CCc1ncc(-c2nc(N)cs2)cn1. The molecule has 2 aromatic heterocycles. The van der Waals surface area contributed by atoms with E-state index in [1.807, 2.05) is 12.3 Å². The van der Waals surface area contributed by atoms with Crippen LogP contribution < -0.4 is 5.73 Å². The summed E-state index contributed by atoms with van der Waals surface area (Å²) < 4.78 is 0. The van der Waals surface area contributed by atoms with Crippen LogP contribution in [0.3, 0.4) is 0 Å². The summed E-state index contributed by atoms with van der Waals surface area (Å²) in [6.45, 7) is 2.02. The van der Waals surface area contributed by atoms with Crippen molar-refractivity contribution in [1.82, 2.24) is 15.0 Å². The Kier molecular flexibility index (Phi) is 2.41. The van der Waals surface area contributed by atoms with Crippen molar-refractivity contribution in [2.24, 2.45) is 0 Å². The molecule has 2 rings (SSSR count).